The fraction of sp³-hybridized carbons (Fsp3) is 0.316. The number of hydrogen-bond donors (Lipinski definition) is 1. The molecule has 1 fully saturated rings. The predicted octanol–water partition coefficient (Wildman–Crippen LogP) is 3.19. The number of carbonyl (C=O) groups is 1. The molecule has 0 aromatic heterocycles. The molecule has 0 bridgehead atoms. The van der Waals surface area contributed by atoms with Crippen LogP contribution in [0, 0.1) is 0 Å². The minimum atomic E-state index is -3.28. The van der Waals surface area contributed by atoms with Gasteiger partial charge in [0, 0.05) is 16.6 Å². The number of sulfonamides is 1. The summed E-state index contributed by atoms with van der Waals surface area (Å²) in [4.78, 5) is 12.8. The van der Waals surface area contributed by atoms with Crippen LogP contribution in [0.2, 0.25) is 0 Å². The average molecular weight is 435 g/mol. The minimum absolute atomic E-state index is 0.119. The highest BCUT2D eigenvalue weighted by atomic mass is 79.9. The quantitative estimate of drug-likeness (QED) is 0.803. The normalized spacial score (nSPS) is 17.7. The molecule has 1 heterocycles. The lowest BCUT2D eigenvalue weighted by molar-refractivity contribution is 0.0930. The Morgan fingerprint density at radius 2 is 1.85 bits per heavy atom. The van der Waals surface area contributed by atoms with Gasteiger partial charge < -0.3 is 5.32 Å². The van der Waals surface area contributed by atoms with Crippen LogP contribution in [0.5, 0.6) is 0 Å². The second-order valence-electron chi connectivity index (χ2n) is 6.97. The average Bonchev–Trinajstić information content (AvgIpc) is 3.22. The number of benzene rings is 2. The molecular weight excluding hydrogens is 416 g/mol. The number of amides is 1. The summed E-state index contributed by atoms with van der Waals surface area (Å²) < 4.78 is 26.1. The molecule has 4 rings (SSSR count). The Balaban J connectivity index is 1.56. The van der Waals surface area contributed by atoms with Gasteiger partial charge in [0.25, 0.3) is 5.91 Å². The molecule has 2 aliphatic rings. The van der Waals surface area contributed by atoms with Gasteiger partial charge in [-0.1, -0.05) is 28.1 Å². The van der Waals surface area contributed by atoms with Gasteiger partial charge in [0.05, 0.1) is 17.5 Å². The first-order valence-electron chi connectivity index (χ1n) is 8.48. The molecule has 0 spiro atoms. The highest BCUT2D eigenvalue weighted by Crippen LogP contribution is 2.46. The molecule has 136 valence electrons. The van der Waals surface area contributed by atoms with Crippen molar-refractivity contribution in [3.63, 3.8) is 0 Å². The Morgan fingerprint density at radius 3 is 2.46 bits per heavy atom. The number of halogens is 1. The van der Waals surface area contributed by atoms with Crippen molar-refractivity contribution in [2.24, 2.45) is 0 Å². The number of fused-ring (bicyclic) bond motifs is 1. The van der Waals surface area contributed by atoms with Crippen LogP contribution in [0.4, 0.5) is 5.69 Å². The van der Waals surface area contributed by atoms with E-state index in [1.807, 2.05) is 30.3 Å². The first-order chi connectivity index (χ1) is 12.3. The van der Waals surface area contributed by atoms with Crippen LogP contribution in [0.3, 0.4) is 0 Å². The standard InChI is InChI=1S/C19H19BrN2O3S/c1-26(24,25)22-11-8-13-12-14(2-7-17(13)22)18(23)21-19(9-10-19)15-3-5-16(20)6-4-15/h2-7,12H,8-11H2,1H3,(H,21,23). The van der Waals surface area contributed by atoms with E-state index >= 15 is 0 Å². The lowest BCUT2D eigenvalue weighted by atomic mass is 10.0. The summed E-state index contributed by atoms with van der Waals surface area (Å²) in [7, 11) is -3.28. The van der Waals surface area contributed by atoms with Gasteiger partial charge in [-0.15, -0.1) is 0 Å². The van der Waals surface area contributed by atoms with E-state index in [0.717, 1.165) is 28.4 Å². The summed E-state index contributed by atoms with van der Waals surface area (Å²) in [5.74, 6) is -0.119. The summed E-state index contributed by atoms with van der Waals surface area (Å²) in [5, 5.41) is 3.17. The Morgan fingerprint density at radius 1 is 1.15 bits per heavy atom. The second-order valence-corrected chi connectivity index (χ2v) is 9.79. The van der Waals surface area contributed by atoms with Crippen molar-refractivity contribution in [2.75, 3.05) is 17.1 Å². The molecule has 5 nitrogen and oxygen atoms in total. The molecular formula is C19H19BrN2O3S. The number of hydrogen-bond acceptors (Lipinski definition) is 3. The lowest BCUT2D eigenvalue weighted by Gasteiger charge is -2.19. The molecule has 0 saturated heterocycles. The van der Waals surface area contributed by atoms with Crippen molar-refractivity contribution in [1.29, 1.82) is 0 Å². The van der Waals surface area contributed by atoms with Crippen LogP contribution in [0.15, 0.2) is 46.9 Å². The Hall–Kier alpha value is -1.86. The fourth-order valence-electron chi connectivity index (χ4n) is 3.53. The number of anilines is 1. The van der Waals surface area contributed by atoms with Crippen LogP contribution >= 0.6 is 15.9 Å². The van der Waals surface area contributed by atoms with Gasteiger partial charge in [0.2, 0.25) is 10.0 Å². The van der Waals surface area contributed by atoms with Gasteiger partial charge in [-0.05, 0) is 60.7 Å². The smallest absolute Gasteiger partial charge is 0.251 e. The number of nitrogens with one attached hydrogen (secondary N) is 1. The van der Waals surface area contributed by atoms with E-state index in [1.165, 1.54) is 10.6 Å². The number of nitrogens with zero attached hydrogens (tertiary/aromatic N) is 1. The molecule has 2 aromatic carbocycles. The van der Waals surface area contributed by atoms with Crippen molar-refractivity contribution in [1.82, 2.24) is 5.32 Å². The van der Waals surface area contributed by atoms with Crippen molar-refractivity contribution in [3.05, 3.63) is 63.6 Å². The maximum absolute atomic E-state index is 12.8. The maximum atomic E-state index is 12.8. The molecule has 1 aliphatic heterocycles. The van der Waals surface area contributed by atoms with Gasteiger partial charge in [-0.3, -0.25) is 9.10 Å². The van der Waals surface area contributed by atoms with E-state index in [9.17, 15) is 13.2 Å². The van der Waals surface area contributed by atoms with E-state index < -0.39 is 10.0 Å². The molecule has 0 radical (unpaired) electrons. The summed E-state index contributed by atoms with van der Waals surface area (Å²) in [6.07, 6.45) is 3.68. The molecule has 1 amide bonds. The first kappa shape index (κ1) is 17.5. The molecule has 0 atom stereocenters. The highest BCUT2D eigenvalue weighted by Gasteiger charge is 2.45. The molecule has 7 heteroatoms. The largest absolute Gasteiger partial charge is 0.343 e. The van der Waals surface area contributed by atoms with E-state index in [2.05, 4.69) is 21.2 Å². The van der Waals surface area contributed by atoms with Crippen LogP contribution in [0.1, 0.15) is 34.3 Å². The predicted molar refractivity (Wildman–Crippen MR) is 105 cm³/mol. The Labute approximate surface area is 161 Å². The minimum Gasteiger partial charge on any atom is -0.343 e. The molecule has 1 saturated carbocycles. The summed E-state index contributed by atoms with van der Waals surface area (Å²) >= 11 is 3.43. The summed E-state index contributed by atoms with van der Waals surface area (Å²) in [6, 6.07) is 13.3. The SMILES string of the molecule is CS(=O)(=O)N1CCc2cc(C(=O)NC3(c4ccc(Br)cc4)CC3)ccc21. The van der Waals surface area contributed by atoms with E-state index in [1.54, 1.807) is 12.1 Å². The Kier molecular flexibility index (Phi) is 4.11. The van der Waals surface area contributed by atoms with Crippen molar-refractivity contribution in [2.45, 2.75) is 24.8 Å². The van der Waals surface area contributed by atoms with Gasteiger partial charge in [0.1, 0.15) is 0 Å². The lowest BCUT2D eigenvalue weighted by Crippen LogP contribution is -2.34. The van der Waals surface area contributed by atoms with Crippen molar-refractivity contribution in [3.8, 4) is 0 Å². The second kappa shape index (κ2) is 6.09. The van der Waals surface area contributed by atoms with E-state index in [-0.39, 0.29) is 11.4 Å². The first-order valence-corrected chi connectivity index (χ1v) is 11.1. The van der Waals surface area contributed by atoms with Crippen LogP contribution in [0.25, 0.3) is 0 Å². The zero-order chi connectivity index (χ0) is 18.5. The fourth-order valence-corrected chi connectivity index (χ4v) is 4.75. The van der Waals surface area contributed by atoms with Crippen LogP contribution < -0.4 is 9.62 Å². The highest BCUT2D eigenvalue weighted by molar-refractivity contribution is 9.10. The molecule has 2 aromatic rings. The monoisotopic (exact) mass is 434 g/mol. The zero-order valence-electron chi connectivity index (χ0n) is 14.3. The topological polar surface area (TPSA) is 66.5 Å². The van der Waals surface area contributed by atoms with Gasteiger partial charge in [0.15, 0.2) is 0 Å². The van der Waals surface area contributed by atoms with Gasteiger partial charge in [-0.25, -0.2) is 8.42 Å². The molecule has 0 unspecified atom stereocenters. The zero-order valence-corrected chi connectivity index (χ0v) is 16.7. The third kappa shape index (κ3) is 3.14. The van der Waals surface area contributed by atoms with Gasteiger partial charge >= 0.3 is 0 Å². The summed E-state index contributed by atoms with van der Waals surface area (Å²) in [5.41, 5.74) is 2.98. The molecule has 1 N–H and O–H groups in total. The van der Waals surface area contributed by atoms with Crippen molar-refractivity contribution >= 4 is 37.5 Å². The Bertz CT molecular complexity index is 982. The van der Waals surface area contributed by atoms with Crippen LogP contribution in [-0.2, 0) is 22.0 Å². The molecule has 1 aliphatic carbocycles. The molecule has 26 heavy (non-hydrogen) atoms. The third-order valence-corrected chi connectivity index (χ3v) is 6.80. The van der Waals surface area contributed by atoms with E-state index in [0.29, 0.717) is 24.2 Å². The van der Waals surface area contributed by atoms with Gasteiger partial charge in [-0.2, -0.15) is 0 Å². The van der Waals surface area contributed by atoms with Crippen LogP contribution in [-0.4, -0.2) is 27.1 Å². The van der Waals surface area contributed by atoms with Crippen molar-refractivity contribution < 1.29 is 13.2 Å². The summed E-state index contributed by atoms with van der Waals surface area (Å²) in [6.45, 7) is 0.433. The maximum Gasteiger partial charge on any atom is 0.251 e. The third-order valence-electron chi connectivity index (χ3n) is 5.09. The number of rotatable bonds is 4. The van der Waals surface area contributed by atoms with E-state index in [4.69, 9.17) is 0 Å². The number of carbonyl (C=O) groups excluding carboxylic acids is 1.